The molecule has 1 atom stereocenters. The lowest BCUT2D eigenvalue weighted by molar-refractivity contribution is 0.666. The first-order chi connectivity index (χ1) is 24.0. The van der Waals surface area contributed by atoms with Gasteiger partial charge in [0.1, 0.15) is 5.84 Å². The maximum Gasteiger partial charge on any atom is 0.134 e. The minimum absolute atomic E-state index is 0.0109. The summed E-state index contributed by atoms with van der Waals surface area (Å²) < 4.78 is 0. The molecule has 0 spiro atoms. The van der Waals surface area contributed by atoms with Gasteiger partial charge in [-0.1, -0.05) is 166 Å². The summed E-state index contributed by atoms with van der Waals surface area (Å²) in [6, 6.07) is 59.1. The van der Waals surface area contributed by atoms with Crippen molar-refractivity contribution in [3.05, 3.63) is 198 Å². The van der Waals surface area contributed by atoms with E-state index in [-0.39, 0.29) is 11.5 Å². The van der Waals surface area contributed by atoms with Crippen molar-refractivity contribution in [2.24, 2.45) is 4.99 Å². The number of benzene rings is 7. The molecule has 0 amide bonds. The zero-order valence-corrected chi connectivity index (χ0v) is 27.7. The van der Waals surface area contributed by atoms with Crippen molar-refractivity contribution < 1.29 is 0 Å². The smallest absolute Gasteiger partial charge is 0.134 e. The molecule has 0 saturated heterocycles. The lowest BCUT2D eigenvalue weighted by atomic mass is 9.79. The molecular weight excluding hydrogens is 593 g/mol. The van der Waals surface area contributed by atoms with Crippen LogP contribution in [0.4, 0.5) is 0 Å². The van der Waals surface area contributed by atoms with Crippen LogP contribution in [-0.4, -0.2) is 5.84 Å². The van der Waals surface area contributed by atoms with Crippen LogP contribution in [0.25, 0.3) is 49.9 Å². The molecule has 0 aromatic heterocycles. The molecule has 2 aliphatic rings. The Morgan fingerprint density at radius 1 is 0.531 bits per heavy atom. The van der Waals surface area contributed by atoms with Gasteiger partial charge in [-0.2, -0.15) is 0 Å². The molecule has 1 aliphatic carbocycles. The lowest BCUT2D eigenvalue weighted by Crippen LogP contribution is -2.31. The van der Waals surface area contributed by atoms with Gasteiger partial charge in [-0.25, -0.2) is 4.99 Å². The first-order valence-electron chi connectivity index (χ1n) is 17.1. The normalized spacial score (nSPS) is 15.9. The summed E-state index contributed by atoms with van der Waals surface area (Å²) >= 11 is 0. The number of nitrogens with zero attached hydrogens (tertiary/aromatic N) is 1. The summed E-state index contributed by atoms with van der Waals surface area (Å²) in [6.07, 6.45) is 2.27. The van der Waals surface area contributed by atoms with E-state index in [0.717, 1.165) is 22.7 Å². The average molecular weight is 629 g/mol. The topological polar surface area (TPSA) is 24.4 Å². The quantitative estimate of drug-likeness (QED) is 0.201. The third-order valence-corrected chi connectivity index (χ3v) is 10.3. The Balaban J connectivity index is 1.20. The van der Waals surface area contributed by atoms with Gasteiger partial charge >= 0.3 is 0 Å². The van der Waals surface area contributed by atoms with E-state index in [2.05, 4.69) is 183 Å². The lowest BCUT2D eigenvalue weighted by Gasteiger charge is -2.26. The molecule has 2 nitrogen and oxygen atoms in total. The number of hydrogen-bond donors (Lipinski definition) is 1. The van der Waals surface area contributed by atoms with Gasteiger partial charge in [-0.15, -0.1) is 0 Å². The number of rotatable bonds is 5. The minimum atomic E-state index is -0.210. The Morgan fingerprint density at radius 3 is 1.86 bits per heavy atom. The minimum Gasteiger partial charge on any atom is -0.359 e. The maximum atomic E-state index is 5.24. The van der Waals surface area contributed by atoms with Crippen LogP contribution in [0.3, 0.4) is 0 Å². The van der Waals surface area contributed by atoms with Crippen molar-refractivity contribution in [1.29, 1.82) is 0 Å². The molecule has 0 fully saturated rings. The molecule has 7 aromatic carbocycles. The fraction of sp³-hybridized carbons (Fsp3) is 0.0851. The van der Waals surface area contributed by atoms with E-state index in [1.54, 1.807) is 0 Å². The van der Waals surface area contributed by atoms with Crippen LogP contribution in [0.1, 0.15) is 47.7 Å². The molecule has 1 N–H and O–H groups in total. The fourth-order valence-electron chi connectivity index (χ4n) is 7.83. The molecule has 49 heavy (non-hydrogen) atoms. The van der Waals surface area contributed by atoms with Gasteiger partial charge in [-0.05, 0) is 79.1 Å². The summed E-state index contributed by atoms with van der Waals surface area (Å²) in [7, 11) is 0. The molecule has 1 aliphatic heterocycles. The van der Waals surface area contributed by atoms with Crippen LogP contribution in [0.15, 0.2) is 175 Å². The molecule has 2 heteroatoms. The maximum absolute atomic E-state index is 5.24. The first kappa shape index (κ1) is 29.2. The zero-order chi connectivity index (χ0) is 33.0. The largest absolute Gasteiger partial charge is 0.359 e. The van der Waals surface area contributed by atoms with E-state index in [1.165, 1.54) is 60.8 Å². The second kappa shape index (κ2) is 11.6. The Bertz CT molecular complexity index is 2400. The number of fused-ring (bicyclic) bond motifs is 5. The van der Waals surface area contributed by atoms with Gasteiger partial charge in [0.15, 0.2) is 0 Å². The van der Waals surface area contributed by atoms with Gasteiger partial charge in [-0.3, -0.25) is 0 Å². The summed E-state index contributed by atoms with van der Waals surface area (Å²) in [5.41, 5.74) is 14.6. The number of hydrogen-bond acceptors (Lipinski definition) is 2. The standard InChI is InChI=1S/C47H36N2/c1-47(2)41-29-37(43-30-42(34-16-8-4-9-17-34)48-46(49-43)35-18-10-5-11-19-35)26-27-39(41)44-40(28-36-20-12-13-21-38(36)45(44)47)33-24-22-32(23-25-33)31-14-6-3-7-15-31/h3-30,42H,1-2H3,(H,48,49). The van der Waals surface area contributed by atoms with Crippen LogP contribution >= 0.6 is 0 Å². The summed E-state index contributed by atoms with van der Waals surface area (Å²) in [4.78, 5) is 5.24. The van der Waals surface area contributed by atoms with Crippen LogP contribution in [0.2, 0.25) is 0 Å². The highest BCUT2D eigenvalue weighted by Gasteiger charge is 2.39. The van der Waals surface area contributed by atoms with Gasteiger partial charge in [0, 0.05) is 16.5 Å². The predicted octanol–water partition coefficient (Wildman–Crippen LogP) is 11.6. The van der Waals surface area contributed by atoms with E-state index < -0.39 is 0 Å². The van der Waals surface area contributed by atoms with Gasteiger partial charge < -0.3 is 5.32 Å². The van der Waals surface area contributed by atoms with Crippen LogP contribution in [-0.2, 0) is 5.41 Å². The predicted molar refractivity (Wildman–Crippen MR) is 206 cm³/mol. The van der Waals surface area contributed by atoms with Crippen molar-refractivity contribution in [2.45, 2.75) is 25.3 Å². The average Bonchev–Trinajstić information content (AvgIpc) is 3.41. The molecule has 0 radical (unpaired) electrons. The first-order valence-corrected chi connectivity index (χ1v) is 17.1. The Hall–Kier alpha value is -5.99. The highest BCUT2D eigenvalue weighted by Crippen LogP contribution is 2.55. The van der Waals surface area contributed by atoms with Crippen molar-refractivity contribution in [1.82, 2.24) is 5.32 Å². The molecule has 234 valence electrons. The second-order valence-electron chi connectivity index (χ2n) is 13.6. The molecular formula is C47H36N2. The van der Waals surface area contributed by atoms with Crippen molar-refractivity contribution in [2.75, 3.05) is 0 Å². The highest BCUT2D eigenvalue weighted by molar-refractivity contribution is 6.06. The molecule has 9 rings (SSSR count). The fourth-order valence-corrected chi connectivity index (χ4v) is 7.83. The van der Waals surface area contributed by atoms with Crippen molar-refractivity contribution in [3.8, 4) is 33.4 Å². The summed E-state index contributed by atoms with van der Waals surface area (Å²) in [5, 5.41) is 6.29. The van der Waals surface area contributed by atoms with E-state index in [0.29, 0.717) is 0 Å². The van der Waals surface area contributed by atoms with Crippen LogP contribution in [0.5, 0.6) is 0 Å². The number of aliphatic imine (C=N–C) groups is 1. The molecule has 0 saturated carbocycles. The molecule has 7 aromatic rings. The van der Waals surface area contributed by atoms with Gasteiger partial charge in [0.25, 0.3) is 0 Å². The summed E-state index contributed by atoms with van der Waals surface area (Å²) in [5.74, 6) is 0.891. The Kier molecular flexibility index (Phi) is 6.91. The van der Waals surface area contributed by atoms with Crippen LogP contribution in [0, 0.1) is 0 Å². The van der Waals surface area contributed by atoms with E-state index >= 15 is 0 Å². The van der Waals surface area contributed by atoms with Gasteiger partial charge in [0.2, 0.25) is 0 Å². The third-order valence-electron chi connectivity index (χ3n) is 10.3. The van der Waals surface area contributed by atoms with Crippen molar-refractivity contribution >= 4 is 22.3 Å². The number of nitrogens with one attached hydrogen (secondary N) is 1. The van der Waals surface area contributed by atoms with Gasteiger partial charge in [0.05, 0.1) is 11.7 Å². The van der Waals surface area contributed by atoms with E-state index in [9.17, 15) is 0 Å². The monoisotopic (exact) mass is 628 g/mol. The van der Waals surface area contributed by atoms with E-state index in [4.69, 9.17) is 4.99 Å². The SMILES string of the molecule is CC1(C)c2cc(C3=CC(c4ccccc4)NC(c4ccccc4)=N3)ccc2-c2c(-c3ccc(-c4ccccc4)cc3)cc3ccccc3c21. The summed E-state index contributed by atoms with van der Waals surface area (Å²) in [6.45, 7) is 4.77. The molecule has 0 bridgehead atoms. The molecule has 1 heterocycles. The Labute approximate surface area is 288 Å². The Morgan fingerprint density at radius 2 is 1.12 bits per heavy atom. The number of amidine groups is 1. The zero-order valence-electron chi connectivity index (χ0n) is 27.7. The van der Waals surface area contributed by atoms with Crippen molar-refractivity contribution in [3.63, 3.8) is 0 Å². The van der Waals surface area contributed by atoms with Crippen LogP contribution < -0.4 is 5.32 Å². The molecule has 1 unspecified atom stereocenters. The third kappa shape index (κ3) is 5.00. The van der Waals surface area contributed by atoms with E-state index in [1.807, 2.05) is 6.07 Å². The second-order valence-corrected chi connectivity index (χ2v) is 13.6. The highest BCUT2D eigenvalue weighted by atomic mass is 15.0.